The van der Waals surface area contributed by atoms with Crippen LogP contribution in [0.25, 0.3) is 0 Å². The van der Waals surface area contributed by atoms with Crippen molar-refractivity contribution in [2.75, 3.05) is 11.9 Å². The molecule has 0 heterocycles. The van der Waals surface area contributed by atoms with Crippen LogP contribution in [0, 0.1) is 5.82 Å². The average Bonchev–Trinajstić information content (AvgIpc) is 2.30. The van der Waals surface area contributed by atoms with Crippen molar-refractivity contribution in [1.29, 1.82) is 0 Å². The third-order valence-corrected chi connectivity index (χ3v) is 2.60. The van der Waals surface area contributed by atoms with Gasteiger partial charge in [0, 0.05) is 4.47 Å². The molecule has 1 aromatic carbocycles. The van der Waals surface area contributed by atoms with Crippen LogP contribution in [0.3, 0.4) is 0 Å². The number of nitrogens with one attached hydrogen (secondary N) is 2. The molecule has 0 aliphatic carbocycles. The lowest BCUT2D eigenvalue weighted by Crippen LogP contribution is -2.38. The van der Waals surface area contributed by atoms with Crippen LogP contribution >= 0.6 is 15.9 Å². The molecule has 0 saturated carbocycles. The van der Waals surface area contributed by atoms with Crippen molar-refractivity contribution in [3.8, 4) is 0 Å². The quantitative estimate of drug-likeness (QED) is 0.669. The highest BCUT2D eigenvalue weighted by Gasteiger charge is 2.15. The van der Waals surface area contributed by atoms with E-state index >= 15 is 0 Å². The summed E-state index contributed by atoms with van der Waals surface area (Å²) in [6.45, 7) is -0.479. The lowest BCUT2D eigenvalue weighted by molar-refractivity contribution is -0.146. The van der Waals surface area contributed by atoms with E-state index in [9.17, 15) is 14.0 Å². The van der Waals surface area contributed by atoms with Crippen LogP contribution in [0.5, 0.6) is 0 Å². The summed E-state index contributed by atoms with van der Waals surface area (Å²) < 4.78 is 13.7. The van der Waals surface area contributed by atoms with Crippen LogP contribution in [0.15, 0.2) is 22.7 Å². The standard InChI is InChI=1S/C10H10BrFN2O4/c11-5-2-1-3-6(12)8(5)14-10(18)13-4-7(15)9(16)17/h1-3,7,15H,4H2,(H,16,17)(H2,13,14,18). The Balaban J connectivity index is 2.58. The molecule has 18 heavy (non-hydrogen) atoms. The van der Waals surface area contributed by atoms with Crippen molar-refractivity contribution in [1.82, 2.24) is 5.32 Å². The van der Waals surface area contributed by atoms with E-state index in [1.807, 2.05) is 0 Å². The molecule has 6 nitrogen and oxygen atoms in total. The zero-order chi connectivity index (χ0) is 13.7. The summed E-state index contributed by atoms with van der Waals surface area (Å²) in [7, 11) is 0. The van der Waals surface area contributed by atoms with Crippen molar-refractivity contribution in [2.24, 2.45) is 0 Å². The van der Waals surface area contributed by atoms with Gasteiger partial charge in [-0.05, 0) is 28.1 Å². The number of aliphatic carboxylic acids is 1. The van der Waals surface area contributed by atoms with Gasteiger partial charge in [0.05, 0.1) is 12.2 Å². The Morgan fingerprint density at radius 2 is 2.11 bits per heavy atom. The minimum absolute atomic E-state index is 0.0696. The maximum atomic E-state index is 13.3. The number of carboxylic acid groups (broad SMARTS) is 1. The summed E-state index contributed by atoms with van der Waals surface area (Å²) in [6.07, 6.45) is -1.71. The van der Waals surface area contributed by atoms with Gasteiger partial charge in [0.25, 0.3) is 0 Å². The number of hydrogen-bond donors (Lipinski definition) is 4. The number of halogens is 2. The molecule has 0 aromatic heterocycles. The largest absolute Gasteiger partial charge is 0.479 e. The topological polar surface area (TPSA) is 98.7 Å². The Labute approximate surface area is 110 Å². The molecule has 1 unspecified atom stereocenters. The first kappa shape index (κ1) is 14.4. The summed E-state index contributed by atoms with van der Waals surface area (Å²) in [6, 6.07) is 3.33. The van der Waals surface area contributed by atoms with Crippen molar-refractivity contribution >= 4 is 33.6 Å². The molecular formula is C10H10BrFN2O4. The van der Waals surface area contributed by atoms with Gasteiger partial charge in [-0.25, -0.2) is 14.0 Å². The molecule has 98 valence electrons. The lowest BCUT2D eigenvalue weighted by Gasteiger charge is -2.11. The predicted molar refractivity (Wildman–Crippen MR) is 64.8 cm³/mol. The monoisotopic (exact) mass is 320 g/mol. The summed E-state index contributed by atoms with van der Waals surface area (Å²) in [4.78, 5) is 21.6. The highest BCUT2D eigenvalue weighted by molar-refractivity contribution is 9.10. The number of benzene rings is 1. The van der Waals surface area contributed by atoms with Crippen LogP contribution in [-0.2, 0) is 4.79 Å². The van der Waals surface area contributed by atoms with E-state index in [4.69, 9.17) is 10.2 Å². The fourth-order valence-electron chi connectivity index (χ4n) is 1.05. The zero-order valence-corrected chi connectivity index (χ0v) is 10.6. The molecular weight excluding hydrogens is 311 g/mol. The van der Waals surface area contributed by atoms with E-state index in [1.54, 1.807) is 0 Å². The first-order valence-corrected chi connectivity index (χ1v) is 5.61. The summed E-state index contributed by atoms with van der Waals surface area (Å²) in [5.74, 6) is -2.10. The molecule has 0 bridgehead atoms. The van der Waals surface area contributed by atoms with Crippen LogP contribution in [0.2, 0.25) is 0 Å². The van der Waals surface area contributed by atoms with Crippen LogP contribution in [0.4, 0.5) is 14.9 Å². The van der Waals surface area contributed by atoms with E-state index in [0.29, 0.717) is 4.47 Å². The molecule has 1 aromatic rings. The van der Waals surface area contributed by atoms with Gasteiger partial charge in [0.1, 0.15) is 5.82 Å². The van der Waals surface area contributed by atoms with E-state index < -0.39 is 30.5 Å². The van der Waals surface area contributed by atoms with Gasteiger partial charge >= 0.3 is 12.0 Å². The lowest BCUT2D eigenvalue weighted by atomic mass is 10.3. The van der Waals surface area contributed by atoms with Gasteiger partial charge < -0.3 is 20.8 Å². The summed E-state index contributed by atoms with van der Waals surface area (Å²) >= 11 is 3.05. The highest BCUT2D eigenvalue weighted by atomic mass is 79.9. The van der Waals surface area contributed by atoms with E-state index in [0.717, 1.165) is 6.07 Å². The Morgan fingerprint density at radius 1 is 1.44 bits per heavy atom. The second kappa shape index (κ2) is 6.31. The molecule has 0 aliphatic heterocycles. The molecule has 1 atom stereocenters. The minimum Gasteiger partial charge on any atom is -0.479 e. The Hall–Kier alpha value is -1.67. The SMILES string of the molecule is O=C(NCC(O)C(=O)O)Nc1c(F)cccc1Br. The second-order valence-electron chi connectivity index (χ2n) is 3.29. The highest BCUT2D eigenvalue weighted by Crippen LogP contribution is 2.24. The fourth-order valence-corrected chi connectivity index (χ4v) is 1.49. The van der Waals surface area contributed by atoms with Gasteiger partial charge in [-0.1, -0.05) is 6.07 Å². The fraction of sp³-hybridized carbons (Fsp3) is 0.200. The normalized spacial score (nSPS) is 11.7. The number of hydrogen-bond acceptors (Lipinski definition) is 3. The van der Waals surface area contributed by atoms with Crippen LogP contribution in [-0.4, -0.2) is 34.9 Å². The predicted octanol–water partition coefficient (Wildman–Crippen LogP) is 1.16. The number of aliphatic hydroxyl groups excluding tert-OH is 1. The van der Waals surface area contributed by atoms with Gasteiger partial charge in [0.2, 0.25) is 0 Å². The molecule has 0 fully saturated rings. The number of amides is 2. The number of carbonyl (C=O) groups excluding carboxylic acids is 1. The Bertz CT molecular complexity index is 449. The number of carbonyl (C=O) groups is 2. The molecule has 0 radical (unpaired) electrons. The number of aliphatic hydroxyl groups is 1. The molecule has 4 N–H and O–H groups in total. The third kappa shape index (κ3) is 3.97. The number of carboxylic acids is 1. The number of rotatable bonds is 4. The molecule has 0 aliphatic rings. The minimum atomic E-state index is -1.71. The number of para-hydroxylation sites is 1. The van der Waals surface area contributed by atoms with Crippen LogP contribution < -0.4 is 10.6 Å². The molecule has 1 rings (SSSR count). The summed E-state index contributed by atoms with van der Waals surface area (Å²) in [5, 5.41) is 21.6. The van der Waals surface area contributed by atoms with Gasteiger partial charge in [0.15, 0.2) is 6.10 Å². The van der Waals surface area contributed by atoms with Crippen LogP contribution in [0.1, 0.15) is 0 Å². The molecule has 8 heteroatoms. The van der Waals surface area contributed by atoms with Crippen molar-refractivity contribution in [3.05, 3.63) is 28.5 Å². The number of anilines is 1. The molecule has 2 amide bonds. The maximum Gasteiger partial charge on any atom is 0.334 e. The second-order valence-corrected chi connectivity index (χ2v) is 4.14. The van der Waals surface area contributed by atoms with Crippen molar-refractivity contribution in [3.63, 3.8) is 0 Å². The van der Waals surface area contributed by atoms with Crippen molar-refractivity contribution in [2.45, 2.75) is 6.10 Å². The smallest absolute Gasteiger partial charge is 0.334 e. The van der Waals surface area contributed by atoms with Gasteiger partial charge in [-0.3, -0.25) is 0 Å². The Morgan fingerprint density at radius 3 is 2.67 bits per heavy atom. The van der Waals surface area contributed by atoms with E-state index in [1.165, 1.54) is 12.1 Å². The third-order valence-electron chi connectivity index (χ3n) is 1.94. The van der Waals surface area contributed by atoms with Crippen molar-refractivity contribution < 1.29 is 24.2 Å². The Kier molecular flexibility index (Phi) is 5.05. The first-order chi connectivity index (χ1) is 8.41. The van der Waals surface area contributed by atoms with Gasteiger partial charge in [-0.2, -0.15) is 0 Å². The average molecular weight is 321 g/mol. The maximum absolute atomic E-state index is 13.3. The van der Waals surface area contributed by atoms with E-state index in [-0.39, 0.29) is 5.69 Å². The van der Waals surface area contributed by atoms with Gasteiger partial charge in [-0.15, -0.1) is 0 Å². The number of urea groups is 1. The molecule has 0 saturated heterocycles. The first-order valence-electron chi connectivity index (χ1n) is 4.81. The molecule has 0 spiro atoms. The summed E-state index contributed by atoms with van der Waals surface area (Å²) in [5.41, 5.74) is -0.0696. The zero-order valence-electron chi connectivity index (χ0n) is 8.98. The van der Waals surface area contributed by atoms with E-state index in [2.05, 4.69) is 26.6 Å².